The molecule has 0 aliphatic heterocycles. The van der Waals surface area contributed by atoms with E-state index in [1.165, 1.54) is 11.8 Å². The van der Waals surface area contributed by atoms with Crippen LogP contribution in [0.2, 0.25) is 5.02 Å². The van der Waals surface area contributed by atoms with Crippen LogP contribution < -0.4 is 10.1 Å². The number of aromatic nitrogens is 2. The molecule has 0 fully saturated rings. The van der Waals surface area contributed by atoms with Gasteiger partial charge in [0.2, 0.25) is 5.91 Å². The average Bonchev–Trinajstić information content (AvgIpc) is 3.12. The monoisotopic (exact) mass is 401 g/mol. The second-order valence-corrected chi connectivity index (χ2v) is 7.10. The smallest absolute Gasteiger partial charge is 0.234 e. The van der Waals surface area contributed by atoms with Crippen LogP contribution in [0, 0.1) is 6.92 Å². The molecule has 0 atom stereocenters. The fourth-order valence-electron chi connectivity index (χ4n) is 2.63. The number of benzene rings is 2. The van der Waals surface area contributed by atoms with Crippen LogP contribution in [0.4, 0.5) is 5.69 Å². The zero-order chi connectivity index (χ0) is 19.2. The van der Waals surface area contributed by atoms with E-state index in [0.717, 1.165) is 16.4 Å². The lowest BCUT2D eigenvalue weighted by Gasteiger charge is -2.13. The molecule has 0 aliphatic rings. The van der Waals surface area contributed by atoms with Crippen molar-refractivity contribution in [3.8, 4) is 11.4 Å². The number of para-hydroxylation sites is 2. The Morgan fingerprint density at radius 1 is 1.26 bits per heavy atom. The number of carbonyl (C=O) groups is 1. The first-order valence-corrected chi connectivity index (χ1v) is 9.89. The summed E-state index contributed by atoms with van der Waals surface area (Å²) in [6, 6.07) is 13.3. The summed E-state index contributed by atoms with van der Waals surface area (Å²) in [6.07, 6.45) is 3.63. The molecule has 1 aromatic heterocycles. The van der Waals surface area contributed by atoms with Crippen LogP contribution in [0.25, 0.3) is 5.69 Å². The molecule has 0 aliphatic carbocycles. The number of carbonyl (C=O) groups excluding carboxylic acids is 1. The zero-order valence-electron chi connectivity index (χ0n) is 15.1. The highest BCUT2D eigenvalue weighted by Gasteiger charge is 2.13. The second kappa shape index (κ2) is 8.97. The van der Waals surface area contributed by atoms with Crippen molar-refractivity contribution < 1.29 is 9.53 Å². The van der Waals surface area contributed by atoms with Gasteiger partial charge in [-0.15, -0.1) is 0 Å². The van der Waals surface area contributed by atoms with Gasteiger partial charge in [0.25, 0.3) is 0 Å². The number of amides is 1. The highest BCUT2D eigenvalue weighted by atomic mass is 35.5. The van der Waals surface area contributed by atoms with Crippen molar-refractivity contribution in [3.05, 3.63) is 65.4 Å². The van der Waals surface area contributed by atoms with Gasteiger partial charge in [-0.25, -0.2) is 4.98 Å². The third-order valence-electron chi connectivity index (χ3n) is 3.84. The van der Waals surface area contributed by atoms with Crippen molar-refractivity contribution in [1.82, 2.24) is 9.55 Å². The van der Waals surface area contributed by atoms with Crippen molar-refractivity contribution in [2.75, 3.05) is 17.7 Å². The molecule has 0 radical (unpaired) electrons. The Labute approximate surface area is 167 Å². The Balaban J connectivity index is 1.69. The summed E-state index contributed by atoms with van der Waals surface area (Å²) in [5, 5.41) is 4.09. The molecule has 7 heteroatoms. The lowest BCUT2D eigenvalue weighted by Crippen LogP contribution is -2.15. The number of hydrogen-bond donors (Lipinski definition) is 1. The first-order chi connectivity index (χ1) is 13.1. The molecule has 3 rings (SSSR count). The molecule has 0 saturated carbocycles. The van der Waals surface area contributed by atoms with E-state index >= 15 is 0 Å². The summed E-state index contributed by atoms with van der Waals surface area (Å²) in [5.74, 6) is 0.560. The minimum atomic E-state index is -0.150. The van der Waals surface area contributed by atoms with Crippen molar-refractivity contribution in [3.63, 3.8) is 0 Å². The summed E-state index contributed by atoms with van der Waals surface area (Å²) in [7, 11) is 0. The number of imidazole rings is 1. The maximum atomic E-state index is 12.4. The molecular formula is C20H20ClN3O2S. The van der Waals surface area contributed by atoms with E-state index in [2.05, 4.69) is 10.3 Å². The van der Waals surface area contributed by atoms with Gasteiger partial charge in [0.1, 0.15) is 0 Å². The average molecular weight is 402 g/mol. The molecule has 5 nitrogen and oxygen atoms in total. The fourth-order valence-corrected chi connectivity index (χ4v) is 3.62. The second-order valence-electron chi connectivity index (χ2n) is 5.75. The van der Waals surface area contributed by atoms with Crippen molar-refractivity contribution in [1.29, 1.82) is 0 Å². The van der Waals surface area contributed by atoms with Gasteiger partial charge in [0.15, 0.2) is 10.9 Å². The van der Waals surface area contributed by atoms with Gasteiger partial charge >= 0.3 is 0 Å². The third-order valence-corrected chi connectivity index (χ3v) is 5.11. The lowest BCUT2D eigenvalue weighted by molar-refractivity contribution is -0.113. The summed E-state index contributed by atoms with van der Waals surface area (Å²) in [5.41, 5.74) is 2.76. The number of rotatable bonds is 7. The summed E-state index contributed by atoms with van der Waals surface area (Å²) in [4.78, 5) is 16.8. The molecule has 3 aromatic rings. The van der Waals surface area contributed by atoms with Crippen LogP contribution >= 0.6 is 23.4 Å². The quantitative estimate of drug-likeness (QED) is 0.568. The number of nitrogens with one attached hydrogen (secondary N) is 1. The molecule has 140 valence electrons. The number of anilines is 1. The maximum absolute atomic E-state index is 12.4. The van der Waals surface area contributed by atoms with Gasteiger partial charge in [0, 0.05) is 12.4 Å². The Morgan fingerprint density at radius 2 is 2.07 bits per heavy atom. The van der Waals surface area contributed by atoms with Crippen LogP contribution in [-0.4, -0.2) is 27.8 Å². The van der Waals surface area contributed by atoms with Crippen molar-refractivity contribution >= 4 is 35.0 Å². The lowest BCUT2D eigenvalue weighted by atomic mass is 10.2. The van der Waals surface area contributed by atoms with Gasteiger partial charge in [-0.2, -0.15) is 0 Å². The van der Waals surface area contributed by atoms with E-state index < -0.39 is 0 Å². The summed E-state index contributed by atoms with van der Waals surface area (Å²) in [6.45, 7) is 4.39. The molecule has 0 bridgehead atoms. The Kier molecular flexibility index (Phi) is 6.42. The van der Waals surface area contributed by atoms with Gasteiger partial charge in [0.05, 0.1) is 28.8 Å². The highest BCUT2D eigenvalue weighted by Crippen LogP contribution is 2.33. The van der Waals surface area contributed by atoms with E-state index in [-0.39, 0.29) is 11.7 Å². The molecular weight excluding hydrogens is 382 g/mol. The highest BCUT2D eigenvalue weighted by molar-refractivity contribution is 7.99. The summed E-state index contributed by atoms with van der Waals surface area (Å²) >= 11 is 7.53. The Bertz CT molecular complexity index is 942. The first kappa shape index (κ1) is 19.3. The van der Waals surface area contributed by atoms with E-state index in [0.29, 0.717) is 23.1 Å². The van der Waals surface area contributed by atoms with Gasteiger partial charge in [-0.3, -0.25) is 9.36 Å². The minimum Gasteiger partial charge on any atom is -0.490 e. The van der Waals surface area contributed by atoms with E-state index in [9.17, 15) is 4.79 Å². The van der Waals surface area contributed by atoms with Crippen molar-refractivity contribution in [2.45, 2.75) is 19.0 Å². The van der Waals surface area contributed by atoms with Crippen molar-refractivity contribution in [2.24, 2.45) is 0 Å². The van der Waals surface area contributed by atoms with Gasteiger partial charge < -0.3 is 10.1 Å². The first-order valence-electron chi connectivity index (χ1n) is 8.53. The number of halogens is 1. The molecule has 0 unspecified atom stereocenters. The van der Waals surface area contributed by atoms with E-state index in [1.807, 2.05) is 48.9 Å². The van der Waals surface area contributed by atoms with Crippen LogP contribution in [0.1, 0.15) is 12.5 Å². The largest absolute Gasteiger partial charge is 0.490 e. The van der Waals surface area contributed by atoms with Gasteiger partial charge in [-0.05, 0) is 37.6 Å². The normalized spacial score (nSPS) is 10.6. The number of aryl methyl sites for hydroxylation is 1. The van der Waals surface area contributed by atoms with Crippen LogP contribution in [0.15, 0.2) is 60.0 Å². The molecule has 1 amide bonds. The Hall–Kier alpha value is -2.44. The number of hydrogen-bond acceptors (Lipinski definition) is 4. The van der Waals surface area contributed by atoms with Crippen LogP contribution in [-0.2, 0) is 4.79 Å². The van der Waals surface area contributed by atoms with Crippen LogP contribution in [0.3, 0.4) is 0 Å². The predicted octanol–water partition coefficient (Wildman–Crippen LogP) is 4.96. The molecule has 0 saturated heterocycles. The minimum absolute atomic E-state index is 0.150. The molecule has 1 heterocycles. The summed E-state index contributed by atoms with van der Waals surface area (Å²) < 4.78 is 7.52. The third kappa shape index (κ3) is 4.64. The number of nitrogens with zero attached hydrogens (tertiary/aromatic N) is 2. The topological polar surface area (TPSA) is 56.1 Å². The Morgan fingerprint density at radius 3 is 2.85 bits per heavy atom. The SMILES string of the molecule is CCOc1c(Cl)cccc1NC(=O)CSc1nccn1-c1ccccc1C. The number of thioether (sulfide) groups is 1. The van der Waals surface area contributed by atoms with E-state index in [4.69, 9.17) is 16.3 Å². The fraction of sp³-hybridized carbons (Fsp3) is 0.200. The standard InChI is InChI=1S/C20H20ClN3O2S/c1-3-26-19-15(21)8-6-9-16(19)23-18(25)13-27-20-22-11-12-24(20)17-10-5-4-7-14(17)2/h4-12H,3,13H2,1-2H3,(H,23,25). The molecule has 0 spiro atoms. The van der Waals surface area contributed by atoms with Gasteiger partial charge in [-0.1, -0.05) is 47.6 Å². The molecule has 2 aromatic carbocycles. The number of ether oxygens (including phenoxy) is 1. The zero-order valence-corrected chi connectivity index (χ0v) is 16.7. The molecule has 27 heavy (non-hydrogen) atoms. The van der Waals surface area contributed by atoms with Crippen LogP contribution in [0.5, 0.6) is 5.75 Å². The van der Waals surface area contributed by atoms with E-state index in [1.54, 1.807) is 24.4 Å². The predicted molar refractivity (Wildman–Crippen MR) is 110 cm³/mol. The maximum Gasteiger partial charge on any atom is 0.234 e. The molecule has 1 N–H and O–H groups in total.